The molecule has 0 bridgehead atoms. The second-order valence-corrected chi connectivity index (χ2v) is 7.24. The summed E-state index contributed by atoms with van der Waals surface area (Å²) in [5, 5.41) is 17.8. The summed E-state index contributed by atoms with van der Waals surface area (Å²) in [7, 11) is 0. The molecular weight excluding hydrogens is 583 g/mol. The first-order valence-corrected chi connectivity index (χ1v) is 9.29. The Balaban J connectivity index is 0.00000280. The van der Waals surface area contributed by atoms with E-state index in [1.807, 2.05) is 12.1 Å². The van der Waals surface area contributed by atoms with Crippen LogP contribution in [0.25, 0.3) is 0 Å². The predicted molar refractivity (Wildman–Crippen MR) is 106 cm³/mol. The second-order valence-electron chi connectivity index (χ2n) is 6.05. The molecule has 1 radical (unpaired) electrons. The molecule has 0 aromatic heterocycles. The molecule has 0 spiro atoms. The largest absolute Gasteiger partial charge is 0.800 e. The SMILES string of the molecule is O=C(Oc1ccc(N(O)O)cc1)c1ccc(N2CCN(C([S-])[S-])CC2)cc1.[Au]. The zero-order chi connectivity index (χ0) is 19.4. The molecule has 1 saturated heterocycles. The molecule has 0 saturated carbocycles. The minimum atomic E-state index is -0.482. The van der Waals surface area contributed by atoms with Gasteiger partial charge in [0.05, 0.1) is 11.3 Å². The van der Waals surface area contributed by atoms with E-state index in [9.17, 15) is 4.79 Å². The average molecular weight is 602 g/mol. The maximum atomic E-state index is 12.3. The minimum Gasteiger partial charge on any atom is -0.800 e. The maximum Gasteiger partial charge on any atom is 0.343 e. The summed E-state index contributed by atoms with van der Waals surface area (Å²) in [5.74, 6) is -0.169. The van der Waals surface area contributed by atoms with Gasteiger partial charge in [0.1, 0.15) is 5.75 Å². The monoisotopic (exact) mass is 602 g/mol. The number of hydrogen-bond acceptors (Lipinski definition) is 9. The molecule has 1 aliphatic heterocycles. The molecule has 7 nitrogen and oxygen atoms in total. The van der Waals surface area contributed by atoms with Crippen molar-refractivity contribution in [3.8, 4) is 5.75 Å². The summed E-state index contributed by atoms with van der Waals surface area (Å²) in [5.41, 5.74) is 1.63. The fourth-order valence-electron chi connectivity index (χ4n) is 2.81. The number of benzene rings is 2. The zero-order valence-electron chi connectivity index (χ0n) is 14.7. The summed E-state index contributed by atoms with van der Waals surface area (Å²) in [6.45, 7) is 3.34. The number of anilines is 2. The fraction of sp³-hybridized carbons (Fsp3) is 0.278. The summed E-state index contributed by atoms with van der Waals surface area (Å²) < 4.78 is 5.03. The minimum absolute atomic E-state index is 0. The number of ether oxygens (including phenoxy) is 1. The smallest absolute Gasteiger partial charge is 0.343 e. The Morgan fingerprint density at radius 3 is 2.04 bits per heavy atom. The number of carbonyl (C=O) groups excluding carboxylic acids is 1. The van der Waals surface area contributed by atoms with Crippen molar-refractivity contribution in [2.75, 3.05) is 36.3 Å². The van der Waals surface area contributed by atoms with Crippen molar-refractivity contribution in [1.82, 2.24) is 4.90 Å². The van der Waals surface area contributed by atoms with Crippen LogP contribution in [0.2, 0.25) is 0 Å². The first kappa shape index (κ1) is 23.1. The zero-order valence-corrected chi connectivity index (χ0v) is 18.5. The molecule has 0 atom stereocenters. The van der Waals surface area contributed by atoms with Gasteiger partial charge in [0, 0.05) is 54.2 Å². The van der Waals surface area contributed by atoms with Gasteiger partial charge in [-0.25, -0.2) is 9.50 Å². The Hall–Kier alpha value is -1.17. The number of hydrogen-bond donors (Lipinski definition) is 2. The van der Waals surface area contributed by atoms with E-state index < -0.39 is 5.97 Å². The van der Waals surface area contributed by atoms with Crippen LogP contribution in [0.3, 0.4) is 0 Å². The molecule has 1 fully saturated rings. The molecule has 0 unspecified atom stereocenters. The number of carbonyl (C=O) groups is 1. The van der Waals surface area contributed by atoms with Crippen LogP contribution >= 0.6 is 0 Å². The third-order valence-electron chi connectivity index (χ3n) is 4.36. The Labute approximate surface area is 190 Å². The van der Waals surface area contributed by atoms with Crippen molar-refractivity contribution < 1.29 is 42.3 Å². The van der Waals surface area contributed by atoms with E-state index >= 15 is 0 Å². The molecule has 1 heterocycles. The van der Waals surface area contributed by atoms with E-state index in [-0.39, 0.29) is 38.0 Å². The Bertz CT molecular complexity index is 767. The first-order chi connectivity index (χ1) is 12.9. The molecule has 0 aliphatic carbocycles. The van der Waals surface area contributed by atoms with Gasteiger partial charge < -0.3 is 39.8 Å². The first-order valence-electron chi connectivity index (χ1n) is 8.35. The van der Waals surface area contributed by atoms with Crippen LogP contribution in [0.5, 0.6) is 5.75 Å². The summed E-state index contributed by atoms with van der Waals surface area (Å²) in [6.07, 6.45) is 0. The van der Waals surface area contributed by atoms with Crippen molar-refractivity contribution in [1.29, 1.82) is 0 Å². The van der Waals surface area contributed by atoms with Crippen LogP contribution < -0.4 is 14.9 Å². The molecule has 1 aliphatic rings. The molecule has 10 heteroatoms. The maximum absolute atomic E-state index is 12.3. The van der Waals surface area contributed by atoms with Gasteiger partial charge in [-0.3, -0.25) is 10.4 Å². The molecule has 2 N–H and O–H groups in total. The van der Waals surface area contributed by atoms with Crippen LogP contribution in [0.1, 0.15) is 10.4 Å². The number of nitrogens with zero attached hydrogens (tertiary/aromatic N) is 3. The Morgan fingerprint density at radius 2 is 1.54 bits per heavy atom. The van der Waals surface area contributed by atoms with E-state index in [0.29, 0.717) is 11.3 Å². The molecule has 155 valence electrons. The summed E-state index contributed by atoms with van der Waals surface area (Å²) in [4.78, 5) is 16.6. The molecule has 28 heavy (non-hydrogen) atoms. The average Bonchev–Trinajstić information content (AvgIpc) is 2.68. The topological polar surface area (TPSA) is 76.5 Å². The van der Waals surface area contributed by atoms with Gasteiger partial charge in [0.25, 0.3) is 0 Å². The van der Waals surface area contributed by atoms with Gasteiger partial charge in [-0.2, -0.15) is 0 Å². The third-order valence-corrected chi connectivity index (χ3v) is 4.96. The number of rotatable bonds is 5. The van der Waals surface area contributed by atoms with E-state index in [1.165, 1.54) is 24.3 Å². The van der Waals surface area contributed by atoms with E-state index in [2.05, 4.69) is 9.80 Å². The van der Waals surface area contributed by atoms with Gasteiger partial charge in [-0.1, -0.05) is 0 Å². The van der Waals surface area contributed by atoms with Crippen molar-refractivity contribution in [2.45, 2.75) is 4.71 Å². The van der Waals surface area contributed by atoms with E-state index in [1.54, 1.807) is 12.1 Å². The van der Waals surface area contributed by atoms with E-state index in [0.717, 1.165) is 31.9 Å². The van der Waals surface area contributed by atoms with Gasteiger partial charge >= 0.3 is 5.97 Å². The van der Waals surface area contributed by atoms with Crippen LogP contribution in [0.4, 0.5) is 11.4 Å². The number of piperazine rings is 1. The van der Waals surface area contributed by atoms with Crippen LogP contribution in [0.15, 0.2) is 48.5 Å². The van der Waals surface area contributed by atoms with Crippen LogP contribution in [0, 0.1) is 0 Å². The van der Waals surface area contributed by atoms with Crippen LogP contribution in [-0.4, -0.2) is 52.2 Å². The van der Waals surface area contributed by atoms with Gasteiger partial charge in [-0.15, -0.1) is 5.23 Å². The van der Waals surface area contributed by atoms with Crippen LogP contribution in [-0.2, 0) is 47.6 Å². The third kappa shape index (κ3) is 5.91. The second kappa shape index (κ2) is 10.6. The molecule has 2 aromatic rings. The van der Waals surface area contributed by atoms with Gasteiger partial charge in [-0.05, 0) is 48.5 Å². The molecule has 3 rings (SSSR count). The summed E-state index contributed by atoms with van der Waals surface area (Å²) >= 11 is 10.2. The van der Waals surface area contributed by atoms with Crippen molar-refractivity contribution in [2.24, 2.45) is 0 Å². The van der Waals surface area contributed by atoms with Gasteiger partial charge in [0.2, 0.25) is 0 Å². The van der Waals surface area contributed by atoms with Crippen molar-refractivity contribution >= 4 is 42.6 Å². The quantitative estimate of drug-likeness (QED) is 0.176. The predicted octanol–water partition coefficient (Wildman–Crippen LogP) is 1.99. The molecular formula is C18H19AuN3O4S2-2. The Kier molecular flexibility index (Phi) is 8.72. The molecule has 2 aromatic carbocycles. The van der Waals surface area contributed by atoms with Crippen molar-refractivity contribution in [3.05, 3.63) is 54.1 Å². The fourth-order valence-corrected chi connectivity index (χ4v) is 3.23. The van der Waals surface area contributed by atoms with Crippen molar-refractivity contribution in [3.63, 3.8) is 0 Å². The van der Waals surface area contributed by atoms with E-state index in [4.69, 9.17) is 40.4 Å². The summed E-state index contributed by atoms with van der Waals surface area (Å²) in [6, 6.07) is 13.0. The standard InChI is InChI=1S/C18H21N3O4S2.Au/c22-17(25-16-7-5-15(6-8-16)21(23)24)13-1-3-14(4-2-13)19-9-11-20(12-10-19)18(26)27;/h1-8,18,23-24,26-27H,9-12H2;/p-2. The number of esters is 1. The Morgan fingerprint density at radius 1 is 0.964 bits per heavy atom. The molecule has 0 amide bonds. The van der Waals surface area contributed by atoms with Gasteiger partial charge in [0.15, 0.2) is 0 Å². The normalized spacial score (nSPS) is 14.5.